The highest BCUT2D eigenvalue weighted by molar-refractivity contribution is 5.44. The molecule has 3 aromatic rings. The van der Waals surface area contributed by atoms with Gasteiger partial charge in [-0.2, -0.15) is 0 Å². The zero-order valence-corrected chi connectivity index (χ0v) is 12.8. The summed E-state index contributed by atoms with van der Waals surface area (Å²) in [5.41, 5.74) is 1.99. The number of ether oxygens (including phenoxy) is 2. The summed E-state index contributed by atoms with van der Waals surface area (Å²) in [6.45, 7) is 1.22. The zero-order chi connectivity index (χ0) is 16.4. The molecular weight excluding hydrogens is 310 g/mol. The molecule has 0 radical (unpaired) electrons. The molecule has 0 fully saturated rings. The van der Waals surface area contributed by atoms with E-state index in [-0.39, 0.29) is 6.79 Å². The van der Waals surface area contributed by atoms with Gasteiger partial charge in [0.2, 0.25) is 12.5 Å². The number of nitrogens with zero attached hydrogens (tertiary/aromatic N) is 1. The lowest BCUT2D eigenvalue weighted by Crippen LogP contribution is -2.40. The van der Waals surface area contributed by atoms with Crippen molar-refractivity contribution in [2.24, 2.45) is 0 Å². The van der Waals surface area contributed by atoms with E-state index in [9.17, 15) is 4.79 Å². The molecular formula is C17H16N3O4+. The Labute approximate surface area is 137 Å². The molecule has 1 aromatic heterocycles. The maximum atomic E-state index is 11.9. The highest BCUT2D eigenvalue weighted by Gasteiger charge is 2.22. The van der Waals surface area contributed by atoms with Crippen LogP contribution in [0.25, 0.3) is 5.69 Å². The Bertz CT molecular complexity index is 902. The van der Waals surface area contributed by atoms with Crippen molar-refractivity contribution in [2.75, 3.05) is 6.79 Å². The number of aromatic amines is 1. The Hall–Kier alpha value is -3.06. The molecule has 0 saturated carbocycles. The predicted octanol–water partition coefficient (Wildman–Crippen LogP) is 1.26. The summed E-state index contributed by atoms with van der Waals surface area (Å²) >= 11 is 0. The van der Waals surface area contributed by atoms with Crippen LogP contribution in [0.1, 0.15) is 11.3 Å². The molecule has 122 valence electrons. The molecule has 1 aliphatic rings. The molecule has 0 spiro atoms. The van der Waals surface area contributed by atoms with Crippen LogP contribution < -0.4 is 25.1 Å². The fourth-order valence-electron chi connectivity index (χ4n) is 2.61. The fraction of sp³-hybridized carbons (Fsp3) is 0.176. The third-order valence-corrected chi connectivity index (χ3v) is 3.81. The van der Waals surface area contributed by atoms with Gasteiger partial charge in [-0.05, 0) is 27.6 Å². The smallest absolute Gasteiger partial charge is 0.431 e. The molecule has 24 heavy (non-hydrogen) atoms. The van der Waals surface area contributed by atoms with Crippen molar-refractivity contribution < 1.29 is 18.7 Å². The molecule has 2 N–H and O–H groups in total. The van der Waals surface area contributed by atoms with Gasteiger partial charge in [0.1, 0.15) is 0 Å². The maximum absolute atomic E-state index is 11.9. The van der Waals surface area contributed by atoms with Crippen molar-refractivity contribution in [2.45, 2.75) is 13.1 Å². The first-order chi connectivity index (χ1) is 11.8. The van der Waals surface area contributed by atoms with Gasteiger partial charge >= 0.3 is 11.3 Å². The van der Waals surface area contributed by atoms with Crippen LogP contribution in [-0.4, -0.2) is 12.1 Å². The van der Waals surface area contributed by atoms with Gasteiger partial charge in [0.05, 0.1) is 6.54 Å². The van der Waals surface area contributed by atoms with Crippen molar-refractivity contribution in [3.63, 3.8) is 0 Å². The molecule has 0 bridgehead atoms. The molecule has 2 heterocycles. The molecule has 4 rings (SSSR count). The molecule has 0 unspecified atom stereocenters. The standard InChI is InChI=1S/C17H15N3O4/c21-17-14(20(19-24-17)13-4-2-1-3-5-13)10-18-9-12-6-7-15-16(8-12)23-11-22-15/h1-8,18H,9-11H2/p+1. The molecule has 7 heteroatoms. The quantitative estimate of drug-likeness (QED) is 0.690. The second-order valence-corrected chi connectivity index (χ2v) is 5.39. The van der Waals surface area contributed by atoms with Crippen LogP contribution >= 0.6 is 0 Å². The van der Waals surface area contributed by atoms with Gasteiger partial charge in [-0.25, -0.2) is 4.79 Å². The van der Waals surface area contributed by atoms with E-state index in [1.54, 1.807) is 4.68 Å². The van der Waals surface area contributed by atoms with Crippen LogP contribution in [0.5, 0.6) is 11.5 Å². The van der Waals surface area contributed by atoms with E-state index in [0.717, 1.165) is 22.7 Å². The zero-order valence-electron chi connectivity index (χ0n) is 12.8. The van der Waals surface area contributed by atoms with E-state index < -0.39 is 5.63 Å². The van der Waals surface area contributed by atoms with Crippen LogP contribution in [0.15, 0.2) is 57.8 Å². The number of hydrogen-bond acceptors (Lipinski definition) is 5. The van der Waals surface area contributed by atoms with Crippen LogP contribution in [0.3, 0.4) is 0 Å². The lowest BCUT2D eigenvalue weighted by atomic mass is 10.2. The van der Waals surface area contributed by atoms with Gasteiger partial charge in [-0.3, -0.25) is 4.52 Å². The lowest BCUT2D eigenvalue weighted by Gasteiger charge is -2.03. The number of fused-ring (bicyclic) bond motifs is 1. The van der Waals surface area contributed by atoms with Crippen molar-refractivity contribution >= 4 is 0 Å². The minimum absolute atomic E-state index is 0.258. The first kappa shape index (κ1) is 14.5. The van der Waals surface area contributed by atoms with E-state index in [2.05, 4.69) is 10.6 Å². The third kappa shape index (κ3) is 2.77. The Morgan fingerprint density at radius 2 is 1.88 bits per heavy atom. The molecule has 0 atom stereocenters. The maximum Gasteiger partial charge on any atom is 0.431 e. The van der Waals surface area contributed by atoms with Gasteiger partial charge < -0.3 is 14.8 Å². The average Bonchev–Trinajstić information content (AvgIpc) is 3.22. The van der Waals surface area contributed by atoms with Gasteiger partial charge in [0.25, 0.3) is 0 Å². The van der Waals surface area contributed by atoms with Gasteiger partial charge in [0.15, 0.2) is 11.5 Å². The highest BCUT2D eigenvalue weighted by Crippen LogP contribution is 2.32. The number of para-hydroxylation sites is 1. The topological polar surface area (TPSA) is 80.4 Å². The summed E-state index contributed by atoms with van der Waals surface area (Å²) < 4.78 is 17.2. The average molecular weight is 326 g/mol. The summed E-state index contributed by atoms with van der Waals surface area (Å²) in [6, 6.07) is 15.3. The van der Waals surface area contributed by atoms with Crippen LogP contribution in [0.2, 0.25) is 0 Å². The van der Waals surface area contributed by atoms with Gasteiger partial charge in [-0.15, -0.1) is 0 Å². The Morgan fingerprint density at radius 3 is 2.75 bits per heavy atom. The Balaban J connectivity index is 1.47. The molecule has 0 amide bonds. The number of nitrogens with one attached hydrogen (secondary N) is 2. The number of H-pyrrole nitrogens is 1. The lowest BCUT2D eigenvalue weighted by molar-refractivity contribution is -0.677. The summed E-state index contributed by atoms with van der Waals surface area (Å²) in [7, 11) is 0. The van der Waals surface area contributed by atoms with E-state index in [1.807, 2.05) is 48.5 Å². The Kier molecular flexibility index (Phi) is 3.76. The first-order valence-electron chi connectivity index (χ1n) is 7.58. The largest absolute Gasteiger partial charge is 0.454 e. The monoisotopic (exact) mass is 326 g/mol. The van der Waals surface area contributed by atoms with Crippen molar-refractivity contribution in [3.05, 3.63) is 70.2 Å². The van der Waals surface area contributed by atoms with Crippen LogP contribution in [0, 0.1) is 0 Å². The highest BCUT2D eigenvalue weighted by atomic mass is 16.7. The summed E-state index contributed by atoms with van der Waals surface area (Å²) in [5, 5.41) is 5.87. The number of aromatic nitrogens is 2. The summed E-state index contributed by atoms with van der Waals surface area (Å²) in [5.74, 6) is 1.50. The molecule has 0 saturated heterocycles. The number of rotatable bonds is 5. The number of benzene rings is 2. The minimum Gasteiger partial charge on any atom is -0.454 e. The predicted molar refractivity (Wildman–Crippen MR) is 84.0 cm³/mol. The van der Waals surface area contributed by atoms with E-state index >= 15 is 0 Å². The van der Waals surface area contributed by atoms with Crippen LogP contribution in [-0.2, 0) is 13.1 Å². The third-order valence-electron chi connectivity index (χ3n) is 3.81. The van der Waals surface area contributed by atoms with E-state index in [0.29, 0.717) is 18.8 Å². The molecule has 2 aromatic carbocycles. The minimum atomic E-state index is -0.392. The van der Waals surface area contributed by atoms with E-state index in [4.69, 9.17) is 14.0 Å². The summed E-state index contributed by atoms with van der Waals surface area (Å²) in [4.78, 5) is 11.9. The van der Waals surface area contributed by atoms with Crippen LogP contribution in [0.4, 0.5) is 0 Å². The molecule has 1 aliphatic heterocycles. The second kappa shape index (κ2) is 6.21. The SMILES string of the molecule is O=c1o[nH][n+](-c2ccccc2)c1CNCc1ccc2c(c1)OCO2. The van der Waals surface area contributed by atoms with Crippen molar-refractivity contribution in [1.82, 2.24) is 10.6 Å². The Morgan fingerprint density at radius 1 is 1.04 bits per heavy atom. The van der Waals surface area contributed by atoms with Crippen molar-refractivity contribution in [3.8, 4) is 17.2 Å². The van der Waals surface area contributed by atoms with Gasteiger partial charge in [0, 0.05) is 18.7 Å². The second-order valence-electron chi connectivity index (χ2n) is 5.39. The normalized spacial score (nSPS) is 12.5. The molecule has 7 nitrogen and oxygen atoms in total. The van der Waals surface area contributed by atoms with Gasteiger partial charge in [-0.1, -0.05) is 24.3 Å². The number of hydrogen-bond donors (Lipinski definition) is 2. The van der Waals surface area contributed by atoms with E-state index in [1.165, 1.54) is 0 Å². The molecule has 0 aliphatic carbocycles. The fourth-order valence-corrected chi connectivity index (χ4v) is 2.61. The summed E-state index contributed by atoms with van der Waals surface area (Å²) in [6.07, 6.45) is 0. The first-order valence-corrected chi connectivity index (χ1v) is 7.58. The van der Waals surface area contributed by atoms with Crippen molar-refractivity contribution in [1.29, 1.82) is 0 Å².